The number of carboxylic acid groups (broad SMARTS) is 1. The maximum atomic E-state index is 13.0. The zero-order valence-corrected chi connectivity index (χ0v) is 17.2. The quantitative estimate of drug-likeness (QED) is 0.593. The Morgan fingerprint density at radius 1 is 1.10 bits per heavy atom. The summed E-state index contributed by atoms with van der Waals surface area (Å²) < 4.78 is 10.8. The molecule has 7 heteroatoms. The van der Waals surface area contributed by atoms with Crippen molar-refractivity contribution in [1.29, 1.82) is 0 Å². The molecule has 2 atom stereocenters. The normalized spacial score (nSPS) is 21.4. The Labute approximate surface area is 171 Å². The molecule has 1 aliphatic carbocycles. The van der Waals surface area contributed by atoms with E-state index in [1.807, 2.05) is 18.2 Å². The number of carbonyl (C=O) groups excluding carboxylic acids is 2. The van der Waals surface area contributed by atoms with E-state index in [1.165, 1.54) is 0 Å². The molecule has 1 fully saturated rings. The smallest absolute Gasteiger partial charge is 0.246 e. The Kier molecular flexibility index (Phi) is 7.12. The number of hydrogen-bond acceptors (Lipinski definition) is 6. The number of aliphatic carboxylic acids is 1. The fourth-order valence-electron chi connectivity index (χ4n) is 4.33. The van der Waals surface area contributed by atoms with Crippen molar-refractivity contribution in [3.8, 4) is 11.5 Å². The first-order valence-corrected chi connectivity index (χ1v) is 10.4. The van der Waals surface area contributed by atoms with Crippen LogP contribution >= 0.6 is 0 Å². The molecule has 2 unspecified atom stereocenters. The monoisotopic (exact) mass is 401 g/mol. The van der Waals surface area contributed by atoms with Crippen LogP contribution < -0.4 is 14.6 Å². The molecule has 0 spiro atoms. The molecule has 29 heavy (non-hydrogen) atoms. The van der Waals surface area contributed by atoms with Crippen LogP contribution in [0.5, 0.6) is 11.5 Å². The van der Waals surface area contributed by atoms with Crippen molar-refractivity contribution in [3.05, 3.63) is 23.8 Å². The summed E-state index contributed by atoms with van der Waals surface area (Å²) in [7, 11) is 3.21. The van der Waals surface area contributed by atoms with Gasteiger partial charge in [0.2, 0.25) is 5.91 Å². The molecule has 1 amide bonds. The van der Waals surface area contributed by atoms with Gasteiger partial charge in [0.15, 0.2) is 11.5 Å². The summed E-state index contributed by atoms with van der Waals surface area (Å²) in [6.07, 6.45) is 6.07. The molecule has 3 rings (SSSR count). The lowest BCUT2D eigenvalue weighted by molar-refractivity contribution is -0.305. The van der Waals surface area contributed by atoms with E-state index in [9.17, 15) is 14.7 Å². The van der Waals surface area contributed by atoms with Gasteiger partial charge in [-0.15, -0.1) is 0 Å². The molecule has 1 saturated carbocycles. The van der Waals surface area contributed by atoms with Gasteiger partial charge in [0.1, 0.15) is 0 Å². The number of nitrogens with zero attached hydrogens (tertiary/aromatic N) is 2. The molecule has 0 bridgehead atoms. The second-order valence-corrected chi connectivity index (χ2v) is 7.70. The number of unbranched alkanes of at least 4 members (excludes halogenated alkanes) is 2. The fourth-order valence-corrected chi connectivity index (χ4v) is 4.33. The number of methoxy groups -OCH3 is 2. The van der Waals surface area contributed by atoms with Gasteiger partial charge in [0.25, 0.3) is 0 Å². The lowest BCUT2D eigenvalue weighted by Crippen LogP contribution is -2.46. The topological polar surface area (TPSA) is 91.3 Å². The summed E-state index contributed by atoms with van der Waals surface area (Å²) in [5.74, 6) is 0.465. The first-order valence-electron chi connectivity index (χ1n) is 10.4. The molecule has 0 radical (unpaired) electrons. The second kappa shape index (κ2) is 9.76. The number of rotatable bonds is 9. The van der Waals surface area contributed by atoms with Crippen molar-refractivity contribution in [1.82, 2.24) is 5.01 Å². The Bertz CT molecular complexity index is 776. The molecular weight excluding hydrogens is 372 g/mol. The number of carbonyl (C=O) groups is 2. The van der Waals surface area contributed by atoms with Gasteiger partial charge in [0.05, 0.1) is 19.9 Å². The lowest BCUT2D eigenvalue weighted by atomic mass is 9.73. The second-order valence-electron chi connectivity index (χ2n) is 7.70. The van der Waals surface area contributed by atoms with E-state index in [0.717, 1.165) is 49.8 Å². The number of carboxylic acids is 1. The van der Waals surface area contributed by atoms with E-state index < -0.39 is 5.97 Å². The number of ether oxygens (including phenoxy) is 2. The van der Waals surface area contributed by atoms with Crippen LogP contribution in [0.1, 0.15) is 56.9 Å². The zero-order valence-electron chi connectivity index (χ0n) is 17.2. The van der Waals surface area contributed by atoms with Gasteiger partial charge < -0.3 is 19.4 Å². The number of amides is 1. The highest BCUT2D eigenvalue weighted by Gasteiger charge is 2.41. The van der Waals surface area contributed by atoms with E-state index in [4.69, 9.17) is 14.6 Å². The van der Waals surface area contributed by atoms with E-state index >= 15 is 0 Å². The van der Waals surface area contributed by atoms with Gasteiger partial charge in [-0.05, 0) is 50.3 Å². The summed E-state index contributed by atoms with van der Waals surface area (Å²) in [6.45, 7) is 0.506. The maximum absolute atomic E-state index is 13.0. The van der Waals surface area contributed by atoms with Crippen LogP contribution in [-0.4, -0.2) is 43.4 Å². The third-order valence-corrected chi connectivity index (χ3v) is 5.85. The Hall–Kier alpha value is -2.57. The molecule has 0 aromatic heterocycles. The molecule has 1 aromatic carbocycles. The van der Waals surface area contributed by atoms with Crippen LogP contribution in [0.15, 0.2) is 23.3 Å². The largest absolute Gasteiger partial charge is 0.550 e. The van der Waals surface area contributed by atoms with Crippen LogP contribution in [0, 0.1) is 11.8 Å². The number of fused-ring (bicyclic) bond motifs is 1. The van der Waals surface area contributed by atoms with Gasteiger partial charge >= 0.3 is 0 Å². The van der Waals surface area contributed by atoms with Gasteiger partial charge in [-0.2, -0.15) is 5.10 Å². The Morgan fingerprint density at radius 3 is 2.52 bits per heavy atom. The fraction of sp³-hybridized carbons (Fsp3) is 0.591. The highest BCUT2D eigenvalue weighted by molar-refractivity contribution is 6.07. The number of benzene rings is 1. The first-order chi connectivity index (χ1) is 14.0. The minimum absolute atomic E-state index is 0.0347. The van der Waals surface area contributed by atoms with Gasteiger partial charge in [-0.1, -0.05) is 19.3 Å². The van der Waals surface area contributed by atoms with Crippen molar-refractivity contribution in [2.24, 2.45) is 16.9 Å². The average Bonchev–Trinajstić information content (AvgIpc) is 2.74. The Balaban J connectivity index is 1.82. The van der Waals surface area contributed by atoms with E-state index in [2.05, 4.69) is 0 Å². The van der Waals surface area contributed by atoms with E-state index in [0.29, 0.717) is 24.5 Å². The number of hydrazone groups is 1. The van der Waals surface area contributed by atoms with Gasteiger partial charge in [-0.25, -0.2) is 5.01 Å². The molecule has 7 nitrogen and oxygen atoms in total. The maximum Gasteiger partial charge on any atom is 0.246 e. The summed E-state index contributed by atoms with van der Waals surface area (Å²) in [6, 6.07) is 5.77. The van der Waals surface area contributed by atoms with Crippen molar-refractivity contribution < 1.29 is 24.2 Å². The van der Waals surface area contributed by atoms with E-state index in [1.54, 1.807) is 19.2 Å². The van der Waals surface area contributed by atoms with Gasteiger partial charge in [0, 0.05) is 29.9 Å². The summed E-state index contributed by atoms with van der Waals surface area (Å²) in [4.78, 5) is 23.6. The summed E-state index contributed by atoms with van der Waals surface area (Å²) in [5, 5.41) is 16.9. The summed E-state index contributed by atoms with van der Waals surface area (Å²) >= 11 is 0. The van der Waals surface area contributed by atoms with Crippen LogP contribution in [0.25, 0.3) is 0 Å². The minimum atomic E-state index is -1.03. The van der Waals surface area contributed by atoms with Crippen LogP contribution in [-0.2, 0) is 9.59 Å². The first kappa shape index (κ1) is 21.1. The van der Waals surface area contributed by atoms with Crippen LogP contribution in [0.4, 0.5) is 0 Å². The lowest BCUT2D eigenvalue weighted by Gasteiger charge is -2.38. The van der Waals surface area contributed by atoms with Crippen LogP contribution in [0.3, 0.4) is 0 Å². The molecule has 158 valence electrons. The van der Waals surface area contributed by atoms with Crippen molar-refractivity contribution in [3.63, 3.8) is 0 Å². The highest BCUT2D eigenvalue weighted by Crippen LogP contribution is 2.39. The third-order valence-electron chi connectivity index (χ3n) is 5.85. The molecule has 1 aliphatic heterocycles. The zero-order chi connectivity index (χ0) is 20.8. The molecule has 0 N–H and O–H groups in total. The van der Waals surface area contributed by atoms with Crippen molar-refractivity contribution >= 4 is 17.6 Å². The van der Waals surface area contributed by atoms with E-state index in [-0.39, 0.29) is 24.2 Å². The number of hydrogen-bond donors (Lipinski definition) is 0. The standard InChI is InChI=1S/C22H30N2O5/c1-28-18-12-11-15(14-19(18)29-2)21-16-8-5-6-9-17(16)22(27)24(23-21)13-7-3-4-10-20(25)26/h11-12,14,16-17H,3-10,13H2,1-2H3,(H,25,26)/p-1. The van der Waals surface area contributed by atoms with Crippen molar-refractivity contribution in [2.45, 2.75) is 51.4 Å². The van der Waals surface area contributed by atoms with Crippen molar-refractivity contribution in [2.75, 3.05) is 20.8 Å². The summed E-state index contributed by atoms with van der Waals surface area (Å²) in [5.41, 5.74) is 1.89. The molecule has 1 aromatic rings. The molecular formula is C22H29N2O5-. The molecule has 1 heterocycles. The SMILES string of the molecule is COc1ccc(C2=NN(CCCCCC(=O)[O-])C(=O)C3CCCCC23)cc1OC. The minimum Gasteiger partial charge on any atom is -0.550 e. The van der Waals surface area contributed by atoms with Crippen LogP contribution in [0.2, 0.25) is 0 Å². The predicted molar refractivity (Wildman–Crippen MR) is 107 cm³/mol. The average molecular weight is 401 g/mol. The predicted octanol–water partition coefficient (Wildman–Crippen LogP) is 2.37. The van der Waals surface area contributed by atoms with Gasteiger partial charge in [-0.3, -0.25) is 4.79 Å². The highest BCUT2D eigenvalue weighted by atomic mass is 16.5. The third kappa shape index (κ3) is 4.89. The Morgan fingerprint density at radius 2 is 1.83 bits per heavy atom. The molecule has 0 saturated heterocycles. The molecule has 2 aliphatic rings.